The molecule has 5 nitrogen and oxygen atoms in total. The van der Waals surface area contributed by atoms with Crippen molar-refractivity contribution in [1.29, 1.82) is 0 Å². The van der Waals surface area contributed by atoms with Gasteiger partial charge in [0.05, 0.1) is 22.7 Å². The molecular formula is C26H19N5. The number of nitrogens with two attached hydrogens (primary N) is 1. The number of hydrogen-bond donors (Lipinski definition) is 1. The number of hydrogen-bond acceptors (Lipinski definition) is 5. The predicted molar refractivity (Wildman–Crippen MR) is 127 cm³/mol. The van der Waals surface area contributed by atoms with Gasteiger partial charge in [-0.3, -0.25) is 0 Å². The second-order valence-corrected chi connectivity index (χ2v) is 7.11. The van der Waals surface area contributed by atoms with Crippen molar-refractivity contribution in [1.82, 2.24) is 0 Å². The van der Waals surface area contributed by atoms with Gasteiger partial charge in [0, 0.05) is 16.2 Å². The number of azo groups is 2. The van der Waals surface area contributed by atoms with Crippen LogP contribution in [0.3, 0.4) is 0 Å². The molecule has 0 saturated carbocycles. The Kier molecular flexibility index (Phi) is 4.91. The van der Waals surface area contributed by atoms with Gasteiger partial charge in [0.25, 0.3) is 0 Å². The number of anilines is 1. The molecule has 0 bridgehead atoms. The van der Waals surface area contributed by atoms with Crippen molar-refractivity contribution in [2.24, 2.45) is 20.5 Å². The number of nitrogens with zero attached hydrogens (tertiary/aromatic N) is 4. The highest BCUT2D eigenvalue weighted by Crippen LogP contribution is 2.37. The van der Waals surface area contributed by atoms with E-state index in [1.54, 1.807) is 0 Å². The maximum Gasteiger partial charge on any atom is 0.116 e. The summed E-state index contributed by atoms with van der Waals surface area (Å²) in [6, 6.07) is 33.3. The zero-order valence-corrected chi connectivity index (χ0v) is 16.7. The molecule has 2 N–H and O–H groups in total. The van der Waals surface area contributed by atoms with Gasteiger partial charge in [0.1, 0.15) is 5.69 Å². The van der Waals surface area contributed by atoms with Gasteiger partial charge in [-0.05, 0) is 35.7 Å². The first kappa shape index (κ1) is 18.6. The second kappa shape index (κ2) is 8.16. The summed E-state index contributed by atoms with van der Waals surface area (Å²) in [7, 11) is 0. The molecule has 0 unspecified atom stereocenters. The molecule has 0 saturated heterocycles. The van der Waals surface area contributed by atoms with Crippen molar-refractivity contribution < 1.29 is 0 Å². The zero-order valence-electron chi connectivity index (χ0n) is 16.7. The van der Waals surface area contributed by atoms with Crippen LogP contribution in [0.25, 0.3) is 21.5 Å². The molecule has 0 aliphatic carbocycles. The number of fused-ring (bicyclic) bond motifs is 2. The largest absolute Gasteiger partial charge is 0.397 e. The van der Waals surface area contributed by atoms with Crippen LogP contribution in [0.15, 0.2) is 124 Å². The Labute approximate surface area is 179 Å². The van der Waals surface area contributed by atoms with Crippen molar-refractivity contribution in [2.75, 3.05) is 5.73 Å². The molecule has 0 amide bonds. The van der Waals surface area contributed by atoms with Crippen LogP contribution in [0.2, 0.25) is 0 Å². The fourth-order valence-electron chi connectivity index (χ4n) is 3.54. The smallest absolute Gasteiger partial charge is 0.116 e. The molecule has 5 aromatic rings. The van der Waals surface area contributed by atoms with Crippen molar-refractivity contribution in [3.8, 4) is 0 Å². The van der Waals surface area contributed by atoms with E-state index < -0.39 is 0 Å². The number of rotatable bonds is 4. The van der Waals surface area contributed by atoms with Gasteiger partial charge < -0.3 is 5.73 Å². The molecule has 0 aliphatic rings. The quantitative estimate of drug-likeness (QED) is 0.238. The number of benzene rings is 5. The lowest BCUT2D eigenvalue weighted by atomic mass is 10.1. The molecule has 0 spiro atoms. The highest BCUT2D eigenvalue weighted by atomic mass is 15.1. The van der Waals surface area contributed by atoms with Gasteiger partial charge in [-0.1, -0.05) is 72.8 Å². The summed E-state index contributed by atoms with van der Waals surface area (Å²) >= 11 is 0. The van der Waals surface area contributed by atoms with Gasteiger partial charge in [-0.15, -0.1) is 15.3 Å². The molecule has 0 atom stereocenters. The Morgan fingerprint density at radius 3 is 1.74 bits per heavy atom. The van der Waals surface area contributed by atoms with E-state index in [0.29, 0.717) is 11.4 Å². The molecule has 0 aliphatic heterocycles. The minimum Gasteiger partial charge on any atom is -0.397 e. The summed E-state index contributed by atoms with van der Waals surface area (Å²) in [5.74, 6) is 0. The molecule has 31 heavy (non-hydrogen) atoms. The Balaban J connectivity index is 1.57. The van der Waals surface area contributed by atoms with E-state index in [0.717, 1.165) is 38.6 Å². The predicted octanol–water partition coefficient (Wildman–Crippen LogP) is 8.41. The third-order valence-corrected chi connectivity index (χ3v) is 5.10. The van der Waals surface area contributed by atoms with E-state index in [4.69, 9.17) is 5.73 Å². The molecular weight excluding hydrogens is 382 g/mol. The van der Waals surface area contributed by atoms with Gasteiger partial charge in [0.2, 0.25) is 0 Å². The highest BCUT2D eigenvalue weighted by Gasteiger charge is 2.07. The first-order valence-electron chi connectivity index (χ1n) is 9.97. The van der Waals surface area contributed by atoms with Crippen LogP contribution >= 0.6 is 0 Å². The first-order chi connectivity index (χ1) is 15.3. The van der Waals surface area contributed by atoms with Gasteiger partial charge in [-0.25, -0.2) is 0 Å². The summed E-state index contributed by atoms with van der Waals surface area (Å²) in [6.07, 6.45) is 0. The lowest BCUT2D eigenvalue weighted by Gasteiger charge is -2.06. The van der Waals surface area contributed by atoms with Gasteiger partial charge in [-0.2, -0.15) is 5.11 Å². The minimum atomic E-state index is 0.597. The topological polar surface area (TPSA) is 75.5 Å². The molecule has 0 heterocycles. The molecule has 5 heteroatoms. The van der Waals surface area contributed by atoms with Gasteiger partial charge >= 0.3 is 0 Å². The van der Waals surface area contributed by atoms with E-state index >= 15 is 0 Å². The average molecular weight is 401 g/mol. The standard InChI is InChI=1S/C26H19N5/c27-23-15-14-18-8-4-5-11-20(18)26(23)31-30-25-17-16-24(21-12-6-7-13-22(21)25)29-28-19-9-2-1-3-10-19/h1-17H,27H2. The van der Waals surface area contributed by atoms with E-state index in [1.807, 2.05) is 103 Å². The normalized spacial score (nSPS) is 11.7. The Morgan fingerprint density at radius 2 is 1.03 bits per heavy atom. The van der Waals surface area contributed by atoms with Crippen molar-refractivity contribution in [2.45, 2.75) is 0 Å². The van der Waals surface area contributed by atoms with Crippen LogP contribution < -0.4 is 5.73 Å². The van der Waals surface area contributed by atoms with Crippen LogP contribution in [0.5, 0.6) is 0 Å². The molecule has 5 rings (SSSR count). The maximum absolute atomic E-state index is 6.20. The molecule has 0 fully saturated rings. The lowest BCUT2D eigenvalue weighted by Crippen LogP contribution is -1.86. The summed E-state index contributed by atoms with van der Waals surface area (Å²) in [5.41, 5.74) is 9.81. The highest BCUT2D eigenvalue weighted by molar-refractivity contribution is 6.00. The summed E-state index contributed by atoms with van der Waals surface area (Å²) in [6.45, 7) is 0. The van der Waals surface area contributed by atoms with Crippen LogP contribution in [0.1, 0.15) is 0 Å². The van der Waals surface area contributed by atoms with Gasteiger partial charge in [0.15, 0.2) is 0 Å². The summed E-state index contributed by atoms with van der Waals surface area (Å²) in [4.78, 5) is 0. The van der Waals surface area contributed by atoms with E-state index in [2.05, 4.69) is 20.5 Å². The average Bonchev–Trinajstić information content (AvgIpc) is 2.83. The van der Waals surface area contributed by atoms with Crippen molar-refractivity contribution in [3.05, 3.63) is 103 Å². The van der Waals surface area contributed by atoms with E-state index in [9.17, 15) is 0 Å². The van der Waals surface area contributed by atoms with Crippen LogP contribution in [0, 0.1) is 0 Å². The van der Waals surface area contributed by atoms with Crippen molar-refractivity contribution >= 4 is 50.0 Å². The van der Waals surface area contributed by atoms with Crippen molar-refractivity contribution in [3.63, 3.8) is 0 Å². The zero-order chi connectivity index (χ0) is 21.0. The fourth-order valence-corrected chi connectivity index (χ4v) is 3.54. The number of nitrogen functional groups attached to an aromatic ring is 1. The SMILES string of the molecule is Nc1ccc2ccccc2c1N=Nc1ccc(N=Nc2ccccc2)c2ccccc12. The minimum absolute atomic E-state index is 0.597. The second-order valence-electron chi connectivity index (χ2n) is 7.11. The Bertz CT molecular complexity index is 1440. The molecule has 148 valence electrons. The summed E-state index contributed by atoms with van der Waals surface area (Å²) < 4.78 is 0. The molecule has 0 aromatic heterocycles. The lowest BCUT2D eigenvalue weighted by molar-refractivity contribution is 1.23. The molecule has 5 aromatic carbocycles. The molecule has 0 radical (unpaired) electrons. The van der Waals surface area contributed by atoms with E-state index in [1.165, 1.54) is 0 Å². The maximum atomic E-state index is 6.20. The van der Waals surface area contributed by atoms with Crippen LogP contribution in [-0.4, -0.2) is 0 Å². The Hall–Kier alpha value is -4.38. The summed E-state index contributed by atoms with van der Waals surface area (Å²) in [5, 5.41) is 21.8. The fraction of sp³-hybridized carbons (Fsp3) is 0. The third-order valence-electron chi connectivity index (χ3n) is 5.10. The van der Waals surface area contributed by atoms with Crippen LogP contribution in [-0.2, 0) is 0 Å². The third kappa shape index (κ3) is 3.76. The Morgan fingerprint density at radius 1 is 0.452 bits per heavy atom. The van der Waals surface area contributed by atoms with E-state index in [-0.39, 0.29) is 0 Å². The van der Waals surface area contributed by atoms with Crippen LogP contribution in [0.4, 0.5) is 28.4 Å². The first-order valence-corrected chi connectivity index (χ1v) is 9.97. The monoisotopic (exact) mass is 401 g/mol.